The van der Waals surface area contributed by atoms with Gasteiger partial charge in [-0.15, -0.1) is 0 Å². The molecule has 0 aliphatic carbocycles. The Hall–Kier alpha value is -1.98. The zero-order valence-corrected chi connectivity index (χ0v) is 7.92. The molecule has 3 aromatic rings. The molecule has 0 saturated heterocycles. The maximum absolute atomic E-state index is 12.5. The van der Waals surface area contributed by atoms with Crippen molar-refractivity contribution in [3.63, 3.8) is 0 Å². The van der Waals surface area contributed by atoms with Gasteiger partial charge in [-0.25, -0.2) is 4.52 Å². The van der Waals surface area contributed by atoms with E-state index in [9.17, 15) is 13.2 Å². The third-order valence-electron chi connectivity index (χ3n) is 2.46. The molecule has 3 rings (SSSR count). The zero-order valence-electron chi connectivity index (χ0n) is 7.92. The van der Waals surface area contributed by atoms with Crippen molar-refractivity contribution in [2.24, 2.45) is 0 Å². The van der Waals surface area contributed by atoms with Gasteiger partial charge in [-0.1, -0.05) is 0 Å². The highest BCUT2D eigenvalue weighted by Crippen LogP contribution is 2.31. The summed E-state index contributed by atoms with van der Waals surface area (Å²) < 4.78 is 38.9. The lowest BCUT2D eigenvalue weighted by Gasteiger charge is -2.05. The van der Waals surface area contributed by atoms with E-state index in [4.69, 9.17) is 0 Å². The van der Waals surface area contributed by atoms with E-state index in [2.05, 4.69) is 10.1 Å². The van der Waals surface area contributed by atoms with Gasteiger partial charge >= 0.3 is 6.18 Å². The Balaban J connectivity index is 2.33. The summed E-state index contributed by atoms with van der Waals surface area (Å²) in [7, 11) is 0. The normalized spacial score (nSPS) is 12.7. The summed E-state index contributed by atoms with van der Waals surface area (Å²) in [5, 5.41) is 4.00. The van der Waals surface area contributed by atoms with Crippen molar-refractivity contribution in [1.29, 1.82) is 0 Å². The molecule has 0 unspecified atom stereocenters. The molecule has 82 valence electrons. The van der Waals surface area contributed by atoms with Gasteiger partial charge in [0.15, 0.2) is 0 Å². The van der Waals surface area contributed by atoms with E-state index < -0.39 is 11.7 Å². The van der Waals surface area contributed by atoms with Crippen molar-refractivity contribution >= 4 is 16.7 Å². The van der Waals surface area contributed by atoms with Gasteiger partial charge in [0.2, 0.25) is 0 Å². The number of nitrogens with one attached hydrogen (secondary N) is 1. The molecule has 2 heterocycles. The molecular formula is C10H6F3N3. The van der Waals surface area contributed by atoms with Crippen LogP contribution in [-0.4, -0.2) is 14.6 Å². The van der Waals surface area contributed by atoms with Crippen LogP contribution in [0.15, 0.2) is 30.5 Å². The molecule has 16 heavy (non-hydrogen) atoms. The van der Waals surface area contributed by atoms with Crippen LogP contribution in [0.3, 0.4) is 0 Å². The van der Waals surface area contributed by atoms with E-state index in [1.54, 1.807) is 16.8 Å². The van der Waals surface area contributed by atoms with Crippen LogP contribution in [-0.2, 0) is 6.18 Å². The fourth-order valence-electron chi connectivity index (χ4n) is 1.73. The number of aromatic amines is 1. The second kappa shape index (κ2) is 2.78. The number of nitrogens with zero attached hydrogens (tertiary/aromatic N) is 2. The van der Waals surface area contributed by atoms with Crippen LogP contribution in [0.4, 0.5) is 13.2 Å². The molecule has 0 spiro atoms. The first-order valence-corrected chi connectivity index (χ1v) is 4.58. The van der Waals surface area contributed by atoms with Crippen molar-refractivity contribution in [2.75, 3.05) is 0 Å². The maximum Gasteiger partial charge on any atom is 0.416 e. The van der Waals surface area contributed by atoms with Gasteiger partial charge in [0.1, 0.15) is 5.65 Å². The van der Waals surface area contributed by atoms with E-state index in [-0.39, 0.29) is 0 Å². The largest absolute Gasteiger partial charge is 0.416 e. The van der Waals surface area contributed by atoms with Crippen LogP contribution < -0.4 is 0 Å². The third kappa shape index (κ3) is 1.19. The highest BCUT2D eigenvalue weighted by molar-refractivity contribution is 5.80. The van der Waals surface area contributed by atoms with E-state index in [0.29, 0.717) is 16.7 Å². The minimum Gasteiger partial charge on any atom is -0.338 e. The maximum atomic E-state index is 12.5. The number of benzene rings is 1. The van der Waals surface area contributed by atoms with Crippen LogP contribution >= 0.6 is 0 Å². The molecule has 0 amide bonds. The van der Waals surface area contributed by atoms with Gasteiger partial charge in [0.25, 0.3) is 0 Å². The first kappa shape index (κ1) is 9.26. The number of H-pyrrole nitrogens is 1. The lowest BCUT2D eigenvalue weighted by atomic mass is 10.2. The van der Waals surface area contributed by atoms with E-state index in [1.165, 1.54) is 6.07 Å². The third-order valence-corrected chi connectivity index (χ3v) is 2.46. The number of halogens is 3. The molecule has 0 radical (unpaired) electrons. The van der Waals surface area contributed by atoms with E-state index in [0.717, 1.165) is 12.1 Å². The predicted molar refractivity (Wildman–Crippen MR) is 52.1 cm³/mol. The Bertz CT molecular complexity index is 663. The number of hydrogen-bond acceptors (Lipinski definition) is 1. The smallest absolute Gasteiger partial charge is 0.338 e. The topological polar surface area (TPSA) is 33.1 Å². The molecule has 0 fully saturated rings. The number of alkyl halides is 3. The van der Waals surface area contributed by atoms with E-state index in [1.807, 2.05) is 0 Å². The lowest BCUT2D eigenvalue weighted by molar-refractivity contribution is -0.137. The van der Waals surface area contributed by atoms with Crippen molar-refractivity contribution < 1.29 is 13.2 Å². The predicted octanol–water partition coefficient (Wildman–Crippen LogP) is 2.83. The first-order chi connectivity index (χ1) is 7.55. The highest BCUT2D eigenvalue weighted by atomic mass is 19.4. The average molecular weight is 225 g/mol. The van der Waals surface area contributed by atoms with Crippen molar-refractivity contribution in [2.45, 2.75) is 6.18 Å². The molecular weight excluding hydrogens is 219 g/mol. The second-order valence-electron chi connectivity index (χ2n) is 3.48. The number of hydrogen-bond donors (Lipinski definition) is 1. The fourth-order valence-corrected chi connectivity index (χ4v) is 1.73. The van der Waals surface area contributed by atoms with Gasteiger partial charge in [0.05, 0.1) is 22.8 Å². The summed E-state index contributed by atoms with van der Waals surface area (Å²) in [5.74, 6) is 0. The van der Waals surface area contributed by atoms with Crippen molar-refractivity contribution in [3.8, 4) is 0 Å². The Morgan fingerprint density at radius 2 is 2.00 bits per heavy atom. The Kier molecular flexibility index (Phi) is 1.61. The van der Waals surface area contributed by atoms with Crippen LogP contribution in [0.1, 0.15) is 5.56 Å². The molecule has 0 atom stereocenters. The molecule has 3 nitrogen and oxygen atoms in total. The van der Waals surface area contributed by atoms with Crippen LogP contribution in [0.2, 0.25) is 0 Å². The quantitative estimate of drug-likeness (QED) is 0.627. The lowest BCUT2D eigenvalue weighted by Crippen LogP contribution is -2.04. The molecule has 1 aromatic carbocycles. The number of fused-ring (bicyclic) bond motifs is 3. The standard InChI is InChI=1S/C10H6F3N3/c11-10(12,13)6-1-2-8-7(5-6)15-9-3-4-14-16(8)9/h1-5,15H. The Labute approximate surface area is 87.5 Å². The molecule has 1 N–H and O–H groups in total. The average Bonchev–Trinajstić information content (AvgIpc) is 2.74. The summed E-state index contributed by atoms with van der Waals surface area (Å²) in [6.45, 7) is 0. The van der Waals surface area contributed by atoms with Gasteiger partial charge in [-0.05, 0) is 18.2 Å². The Morgan fingerprint density at radius 1 is 1.19 bits per heavy atom. The monoisotopic (exact) mass is 225 g/mol. The molecule has 0 saturated carbocycles. The summed E-state index contributed by atoms with van der Waals surface area (Å²) in [5.41, 5.74) is 1.07. The highest BCUT2D eigenvalue weighted by Gasteiger charge is 2.30. The Morgan fingerprint density at radius 3 is 2.75 bits per heavy atom. The fraction of sp³-hybridized carbons (Fsp3) is 0.100. The van der Waals surface area contributed by atoms with Crippen LogP contribution in [0.5, 0.6) is 0 Å². The molecule has 0 aliphatic rings. The zero-order chi connectivity index (χ0) is 11.3. The summed E-state index contributed by atoms with van der Waals surface area (Å²) >= 11 is 0. The molecule has 0 bridgehead atoms. The number of rotatable bonds is 0. The SMILES string of the molecule is FC(F)(F)c1ccc2c(c1)[nH]c1ccnn12. The summed E-state index contributed by atoms with van der Waals surface area (Å²) in [6, 6.07) is 5.25. The summed E-state index contributed by atoms with van der Waals surface area (Å²) in [6.07, 6.45) is -2.73. The summed E-state index contributed by atoms with van der Waals surface area (Å²) in [4.78, 5) is 2.87. The van der Waals surface area contributed by atoms with Crippen LogP contribution in [0, 0.1) is 0 Å². The van der Waals surface area contributed by atoms with Crippen molar-refractivity contribution in [1.82, 2.24) is 14.6 Å². The van der Waals surface area contributed by atoms with Gasteiger partial charge in [-0.2, -0.15) is 18.3 Å². The molecule has 0 aliphatic heterocycles. The number of imidazole rings is 1. The van der Waals surface area contributed by atoms with E-state index >= 15 is 0 Å². The molecule has 6 heteroatoms. The van der Waals surface area contributed by atoms with Gasteiger partial charge in [-0.3, -0.25) is 0 Å². The van der Waals surface area contributed by atoms with Crippen molar-refractivity contribution in [3.05, 3.63) is 36.0 Å². The minimum atomic E-state index is -4.32. The first-order valence-electron chi connectivity index (χ1n) is 4.58. The van der Waals surface area contributed by atoms with Gasteiger partial charge in [0, 0.05) is 6.07 Å². The minimum absolute atomic E-state index is 0.429. The molecule has 2 aromatic heterocycles. The second-order valence-corrected chi connectivity index (χ2v) is 3.48. The van der Waals surface area contributed by atoms with Gasteiger partial charge < -0.3 is 4.98 Å². The number of aromatic nitrogens is 3. The van der Waals surface area contributed by atoms with Crippen LogP contribution in [0.25, 0.3) is 16.7 Å².